The van der Waals surface area contributed by atoms with Gasteiger partial charge >= 0.3 is 0 Å². The molecule has 0 aliphatic carbocycles. The number of sulfone groups is 1. The Morgan fingerprint density at radius 1 is 1.24 bits per heavy atom. The van der Waals surface area contributed by atoms with Crippen LogP contribution in [0.4, 0.5) is 0 Å². The number of ether oxygens (including phenoxy) is 2. The Morgan fingerprint density at radius 2 is 1.93 bits per heavy atom. The predicted octanol–water partition coefficient (Wildman–Crippen LogP) is 3.15. The molecule has 1 aliphatic rings. The molecule has 1 amide bonds. The van der Waals surface area contributed by atoms with Gasteiger partial charge < -0.3 is 14.0 Å². The fraction of sp³-hybridized carbons (Fsp3) is 0.200. The summed E-state index contributed by atoms with van der Waals surface area (Å²) in [6.45, 7) is 6.02. The van der Waals surface area contributed by atoms with Crippen molar-refractivity contribution in [2.75, 3.05) is 12.5 Å². The topological polar surface area (TPSA) is 87.0 Å². The average Bonchev–Trinajstić information content (AvgIpc) is 3.30. The molecule has 2 heterocycles. The summed E-state index contributed by atoms with van der Waals surface area (Å²) in [5.41, 5.74) is 1.19. The van der Waals surface area contributed by atoms with Gasteiger partial charge in [0.15, 0.2) is 26.1 Å². The number of nitrogens with zero attached hydrogens (tertiary/aromatic N) is 2. The van der Waals surface area contributed by atoms with E-state index in [-0.39, 0.29) is 17.4 Å². The number of allylic oxidation sites excluding steroid dienone is 1. The van der Waals surface area contributed by atoms with Gasteiger partial charge in [-0.3, -0.25) is 4.79 Å². The van der Waals surface area contributed by atoms with Crippen molar-refractivity contribution in [3.63, 3.8) is 0 Å². The Labute approximate surface area is 171 Å². The zero-order chi connectivity index (χ0) is 20.6. The second-order valence-electron chi connectivity index (χ2n) is 6.30. The highest BCUT2D eigenvalue weighted by molar-refractivity contribution is 7.91. The first kappa shape index (κ1) is 19.4. The second-order valence-corrected chi connectivity index (χ2v) is 9.59. The number of carbonyl (C=O) groups is 1. The van der Waals surface area contributed by atoms with Crippen LogP contribution in [0.15, 0.2) is 58.9 Å². The monoisotopic (exact) mass is 430 g/mol. The molecule has 150 valence electrons. The second kappa shape index (κ2) is 7.49. The van der Waals surface area contributed by atoms with Gasteiger partial charge in [0.2, 0.25) is 6.79 Å². The standard InChI is InChI=1S/C20H18N2O5S2/c1-3-9-22-15-10-16-17(27-12-26-16)11-18(15)28-20(22)21-19(23)13-5-7-14(8-6-13)29(24,25)4-2/h3,5-8,10-11H,1,4,9,12H2,2H3. The summed E-state index contributed by atoms with van der Waals surface area (Å²) >= 11 is 1.36. The molecule has 0 saturated carbocycles. The van der Waals surface area contributed by atoms with E-state index in [1.54, 1.807) is 13.0 Å². The summed E-state index contributed by atoms with van der Waals surface area (Å²) in [5, 5.41) is 0. The zero-order valence-corrected chi connectivity index (χ0v) is 17.3. The molecule has 4 rings (SSSR count). The van der Waals surface area contributed by atoms with E-state index >= 15 is 0 Å². The van der Waals surface area contributed by atoms with Crippen LogP contribution in [0.1, 0.15) is 17.3 Å². The van der Waals surface area contributed by atoms with Crippen molar-refractivity contribution < 1.29 is 22.7 Å². The third kappa shape index (κ3) is 3.58. The molecule has 3 aromatic rings. The van der Waals surface area contributed by atoms with Gasteiger partial charge in [-0.15, -0.1) is 6.58 Å². The van der Waals surface area contributed by atoms with Gasteiger partial charge in [0, 0.05) is 24.2 Å². The maximum Gasteiger partial charge on any atom is 0.279 e. The molecule has 9 heteroatoms. The fourth-order valence-electron chi connectivity index (χ4n) is 2.97. The first-order valence-corrected chi connectivity index (χ1v) is 11.4. The Kier molecular flexibility index (Phi) is 5.01. The first-order valence-electron chi connectivity index (χ1n) is 8.88. The summed E-state index contributed by atoms with van der Waals surface area (Å²) in [6.07, 6.45) is 1.73. The van der Waals surface area contributed by atoms with Crippen LogP contribution in [0.5, 0.6) is 11.5 Å². The number of fused-ring (bicyclic) bond motifs is 2. The van der Waals surface area contributed by atoms with Crippen molar-refractivity contribution in [2.24, 2.45) is 4.99 Å². The lowest BCUT2D eigenvalue weighted by molar-refractivity contribution is 0.0997. The number of benzene rings is 2. The van der Waals surface area contributed by atoms with Gasteiger partial charge in [0.05, 0.1) is 20.9 Å². The largest absolute Gasteiger partial charge is 0.454 e. The third-order valence-electron chi connectivity index (χ3n) is 4.53. The average molecular weight is 431 g/mol. The number of hydrogen-bond acceptors (Lipinski definition) is 6. The van der Waals surface area contributed by atoms with E-state index in [0.29, 0.717) is 28.4 Å². The van der Waals surface area contributed by atoms with E-state index in [9.17, 15) is 13.2 Å². The minimum absolute atomic E-state index is 0.00537. The van der Waals surface area contributed by atoms with Gasteiger partial charge in [-0.05, 0) is 24.3 Å². The number of carbonyl (C=O) groups excluding carboxylic acids is 1. The van der Waals surface area contributed by atoms with Crippen LogP contribution >= 0.6 is 11.3 Å². The number of aromatic nitrogens is 1. The Balaban J connectivity index is 1.76. The molecule has 0 saturated heterocycles. The number of hydrogen-bond donors (Lipinski definition) is 0. The van der Waals surface area contributed by atoms with E-state index in [1.807, 2.05) is 16.7 Å². The van der Waals surface area contributed by atoms with Crippen LogP contribution in [0.2, 0.25) is 0 Å². The van der Waals surface area contributed by atoms with Crippen molar-refractivity contribution in [3.8, 4) is 11.5 Å². The summed E-state index contributed by atoms with van der Waals surface area (Å²) < 4.78 is 37.5. The van der Waals surface area contributed by atoms with Crippen LogP contribution in [-0.2, 0) is 16.4 Å². The first-order chi connectivity index (χ1) is 13.9. The molecule has 1 aliphatic heterocycles. The molecule has 0 spiro atoms. The quantitative estimate of drug-likeness (QED) is 0.581. The van der Waals surface area contributed by atoms with Crippen molar-refractivity contribution >= 4 is 37.3 Å². The van der Waals surface area contributed by atoms with Crippen LogP contribution in [-0.4, -0.2) is 31.4 Å². The fourth-order valence-corrected chi connectivity index (χ4v) is 4.91. The molecule has 29 heavy (non-hydrogen) atoms. The lowest BCUT2D eigenvalue weighted by atomic mass is 10.2. The Hall–Kier alpha value is -2.91. The Bertz CT molecular complexity index is 1280. The maximum atomic E-state index is 12.7. The van der Waals surface area contributed by atoms with Crippen LogP contribution in [0.3, 0.4) is 0 Å². The van der Waals surface area contributed by atoms with Crippen LogP contribution in [0.25, 0.3) is 10.2 Å². The summed E-state index contributed by atoms with van der Waals surface area (Å²) in [5.74, 6) is 0.870. The van der Waals surface area contributed by atoms with Gasteiger partial charge in [-0.1, -0.05) is 24.3 Å². The molecule has 7 nitrogen and oxygen atoms in total. The normalized spacial score (nSPS) is 13.8. The molecule has 0 radical (unpaired) electrons. The minimum atomic E-state index is -3.31. The maximum absolute atomic E-state index is 12.7. The number of amides is 1. The molecular formula is C20H18N2O5S2. The van der Waals surface area contributed by atoms with E-state index in [0.717, 1.165) is 10.2 Å². The lowest BCUT2D eigenvalue weighted by Crippen LogP contribution is -2.16. The minimum Gasteiger partial charge on any atom is -0.454 e. The van der Waals surface area contributed by atoms with Crippen molar-refractivity contribution in [1.29, 1.82) is 0 Å². The SMILES string of the molecule is C=CCn1c(=NC(=O)c2ccc(S(=O)(=O)CC)cc2)sc2cc3c(cc21)OCO3. The van der Waals surface area contributed by atoms with Crippen LogP contribution < -0.4 is 14.3 Å². The van der Waals surface area contributed by atoms with E-state index in [4.69, 9.17) is 9.47 Å². The number of rotatable bonds is 5. The van der Waals surface area contributed by atoms with Crippen molar-refractivity contribution in [2.45, 2.75) is 18.4 Å². The van der Waals surface area contributed by atoms with Gasteiger partial charge in [0.25, 0.3) is 5.91 Å². The summed E-state index contributed by atoms with van der Waals surface area (Å²) in [6, 6.07) is 9.57. The molecule has 2 aromatic carbocycles. The van der Waals surface area contributed by atoms with E-state index < -0.39 is 15.7 Å². The van der Waals surface area contributed by atoms with Gasteiger partial charge in [-0.2, -0.15) is 4.99 Å². The highest BCUT2D eigenvalue weighted by Gasteiger charge is 2.18. The third-order valence-corrected chi connectivity index (χ3v) is 7.32. The van der Waals surface area contributed by atoms with E-state index in [2.05, 4.69) is 11.6 Å². The molecular weight excluding hydrogens is 412 g/mol. The van der Waals surface area contributed by atoms with Crippen LogP contribution in [0, 0.1) is 0 Å². The molecule has 0 N–H and O–H groups in total. The number of thiazole rings is 1. The van der Waals surface area contributed by atoms with Gasteiger partial charge in [0.1, 0.15) is 0 Å². The predicted molar refractivity (Wildman–Crippen MR) is 110 cm³/mol. The van der Waals surface area contributed by atoms with Crippen molar-refractivity contribution in [3.05, 3.63) is 59.4 Å². The smallest absolute Gasteiger partial charge is 0.279 e. The molecule has 0 fully saturated rings. The van der Waals surface area contributed by atoms with Gasteiger partial charge in [-0.25, -0.2) is 8.42 Å². The molecule has 0 unspecified atom stereocenters. The Morgan fingerprint density at radius 3 is 2.59 bits per heavy atom. The lowest BCUT2D eigenvalue weighted by Gasteiger charge is -2.03. The van der Waals surface area contributed by atoms with E-state index in [1.165, 1.54) is 35.6 Å². The zero-order valence-electron chi connectivity index (χ0n) is 15.6. The molecule has 1 aromatic heterocycles. The molecule has 0 bridgehead atoms. The highest BCUT2D eigenvalue weighted by atomic mass is 32.2. The highest BCUT2D eigenvalue weighted by Crippen LogP contribution is 2.37. The summed E-state index contributed by atoms with van der Waals surface area (Å²) in [4.78, 5) is 17.6. The molecule has 0 atom stereocenters. The summed E-state index contributed by atoms with van der Waals surface area (Å²) in [7, 11) is -3.31. The van der Waals surface area contributed by atoms with Crippen molar-refractivity contribution in [1.82, 2.24) is 4.57 Å².